The number of amides is 1. The molecule has 1 aliphatic heterocycles. The zero-order chi connectivity index (χ0) is 23.7. The Bertz CT molecular complexity index is 1260. The number of rotatable bonds is 5. The monoisotopic (exact) mass is 453 g/mol. The highest BCUT2D eigenvalue weighted by molar-refractivity contribution is 6.00. The van der Waals surface area contributed by atoms with Gasteiger partial charge in [0, 0.05) is 26.1 Å². The quantitative estimate of drug-likeness (QED) is 0.514. The number of halogens is 2. The predicted octanol–water partition coefficient (Wildman–Crippen LogP) is 4.94. The lowest BCUT2D eigenvalue weighted by Crippen LogP contribution is -2.30. The molecule has 0 bridgehead atoms. The zero-order valence-corrected chi connectivity index (χ0v) is 18.9. The van der Waals surface area contributed by atoms with E-state index in [9.17, 15) is 13.6 Å². The van der Waals surface area contributed by atoms with Gasteiger partial charge in [0.15, 0.2) is 5.75 Å². The van der Waals surface area contributed by atoms with Crippen LogP contribution in [0.4, 0.5) is 8.78 Å². The normalized spacial score (nSPS) is 16.2. The minimum absolute atomic E-state index is 0.0141. The molecule has 2 atom stereocenters. The Morgan fingerprint density at radius 3 is 2.73 bits per heavy atom. The molecular formula is C25H25F2N3O3. The second-order valence-corrected chi connectivity index (χ2v) is 7.93. The van der Waals surface area contributed by atoms with Crippen LogP contribution in [0.1, 0.15) is 54.5 Å². The molecule has 2 aromatic carbocycles. The van der Waals surface area contributed by atoms with Crippen LogP contribution in [0.15, 0.2) is 36.4 Å². The summed E-state index contributed by atoms with van der Waals surface area (Å²) in [6.45, 7) is 0.865. The number of hydrogen-bond donors (Lipinski definition) is 0. The first-order valence-electron chi connectivity index (χ1n) is 10.7. The highest BCUT2D eigenvalue weighted by Gasteiger charge is 2.35. The molecule has 0 radical (unpaired) electrons. The number of fused-ring (bicyclic) bond motifs is 5. The van der Waals surface area contributed by atoms with E-state index in [1.807, 2.05) is 32.0 Å². The van der Waals surface area contributed by atoms with E-state index >= 15 is 0 Å². The van der Waals surface area contributed by atoms with Crippen molar-refractivity contribution in [3.05, 3.63) is 53.3 Å². The van der Waals surface area contributed by atoms with E-state index in [-0.39, 0.29) is 35.1 Å². The van der Waals surface area contributed by atoms with E-state index in [0.717, 1.165) is 5.56 Å². The van der Waals surface area contributed by atoms with Crippen molar-refractivity contribution in [3.63, 3.8) is 0 Å². The standard InChI is InChI=1S/C25H25F2N3O3/c1-5-19-23-28-18-13-12-16(9-6-8-15(2)32-4)14-20(18)30(23)22-17(24(31)29(19)3)10-7-11-21(22)33-25(26)27/h7,10-15,19,25H,5,8H2,1-4H3. The Morgan fingerprint density at radius 2 is 2.03 bits per heavy atom. The van der Waals surface area contributed by atoms with Crippen LogP contribution in [-0.2, 0) is 4.74 Å². The van der Waals surface area contributed by atoms with Gasteiger partial charge in [-0.2, -0.15) is 8.78 Å². The Hall–Kier alpha value is -3.44. The Balaban J connectivity index is 1.98. The molecule has 6 nitrogen and oxygen atoms in total. The SMILES string of the molecule is CCC1c2nc3ccc(C#CCC(C)OC)cc3n2-c2c(OC(F)F)cccc2C(=O)N1C. The number of ether oxygens (including phenoxy) is 2. The van der Waals surface area contributed by atoms with E-state index < -0.39 is 6.61 Å². The van der Waals surface area contributed by atoms with Gasteiger partial charge in [0.25, 0.3) is 5.91 Å². The summed E-state index contributed by atoms with van der Waals surface area (Å²) in [5.41, 5.74) is 2.64. The third-order valence-corrected chi connectivity index (χ3v) is 5.85. The summed E-state index contributed by atoms with van der Waals surface area (Å²) < 4.78 is 38.3. The van der Waals surface area contributed by atoms with Crippen molar-refractivity contribution < 1.29 is 23.0 Å². The largest absolute Gasteiger partial charge is 0.433 e. The van der Waals surface area contributed by atoms with Crippen LogP contribution >= 0.6 is 0 Å². The smallest absolute Gasteiger partial charge is 0.387 e. The molecule has 4 rings (SSSR count). The van der Waals surface area contributed by atoms with E-state index in [1.54, 1.807) is 35.8 Å². The van der Waals surface area contributed by atoms with Gasteiger partial charge in [0.1, 0.15) is 11.5 Å². The van der Waals surface area contributed by atoms with Crippen LogP contribution in [0.25, 0.3) is 16.7 Å². The van der Waals surface area contributed by atoms with E-state index in [4.69, 9.17) is 14.5 Å². The molecule has 1 aromatic heterocycles. The van der Waals surface area contributed by atoms with Crippen molar-refractivity contribution >= 4 is 16.9 Å². The number of para-hydroxylation sites is 1. The van der Waals surface area contributed by atoms with Crippen molar-refractivity contribution in [2.75, 3.05) is 14.2 Å². The molecule has 33 heavy (non-hydrogen) atoms. The maximum atomic E-state index is 13.3. The van der Waals surface area contributed by atoms with Crippen molar-refractivity contribution in [2.45, 2.75) is 45.4 Å². The number of imidazole rings is 1. The van der Waals surface area contributed by atoms with E-state index in [0.29, 0.717) is 29.7 Å². The number of aromatic nitrogens is 2. The summed E-state index contributed by atoms with van der Waals surface area (Å²) in [6.07, 6.45) is 1.19. The Morgan fingerprint density at radius 1 is 1.24 bits per heavy atom. The molecule has 0 saturated heterocycles. The van der Waals surface area contributed by atoms with E-state index in [1.165, 1.54) is 6.07 Å². The van der Waals surface area contributed by atoms with Gasteiger partial charge in [0.2, 0.25) is 0 Å². The molecule has 2 unspecified atom stereocenters. The predicted molar refractivity (Wildman–Crippen MR) is 121 cm³/mol. The molecule has 0 N–H and O–H groups in total. The number of benzene rings is 2. The fourth-order valence-electron chi connectivity index (χ4n) is 4.09. The average Bonchev–Trinajstić information content (AvgIpc) is 3.12. The second-order valence-electron chi connectivity index (χ2n) is 7.93. The van der Waals surface area contributed by atoms with Gasteiger partial charge < -0.3 is 14.4 Å². The average molecular weight is 453 g/mol. The van der Waals surface area contributed by atoms with Crippen LogP contribution < -0.4 is 4.74 Å². The highest BCUT2D eigenvalue weighted by Crippen LogP contribution is 2.40. The minimum atomic E-state index is -3.03. The van der Waals surface area contributed by atoms with Crippen LogP contribution in [0.2, 0.25) is 0 Å². The van der Waals surface area contributed by atoms with Crippen LogP contribution in [0.5, 0.6) is 5.75 Å². The molecule has 0 spiro atoms. The molecule has 2 heterocycles. The van der Waals surface area contributed by atoms with Gasteiger partial charge >= 0.3 is 6.61 Å². The van der Waals surface area contributed by atoms with Crippen molar-refractivity contribution in [1.82, 2.24) is 14.5 Å². The van der Waals surface area contributed by atoms with Crippen molar-refractivity contribution in [2.24, 2.45) is 0 Å². The summed E-state index contributed by atoms with van der Waals surface area (Å²) in [6, 6.07) is 9.85. The molecule has 0 saturated carbocycles. The molecule has 1 aliphatic rings. The molecular weight excluding hydrogens is 428 g/mol. The Kier molecular flexibility index (Phi) is 6.34. The number of methoxy groups -OCH3 is 1. The Labute approximate surface area is 191 Å². The fourth-order valence-corrected chi connectivity index (χ4v) is 4.09. The summed E-state index contributed by atoms with van der Waals surface area (Å²) in [5.74, 6) is 6.46. The first-order valence-corrected chi connectivity index (χ1v) is 10.7. The zero-order valence-electron chi connectivity index (χ0n) is 18.9. The lowest BCUT2D eigenvalue weighted by molar-refractivity contribution is -0.0498. The molecule has 1 amide bonds. The first kappa shape index (κ1) is 22.7. The maximum absolute atomic E-state index is 13.3. The molecule has 0 fully saturated rings. The van der Waals surface area contributed by atoms with Gasteiger partial charge in [-0.15, -0.1) is 0 Å². The van der Waals surface area contributed by atoms with Gasteiger partial charge in [0.05, 0.1) is 28.7 Å². The topological polar surface area (TPSA) is 56.6 Å². The van der Waals surface area contributed by atoms with Gasteiger partial charge in [-0.3, -0.25) is 9.36 Å². The third-order valence-electron chi connectivity index (χ3n) is 5.85. The lowest BCUT2D eigenvalue weighted by Gasteiger charge is -2.24. The third kappa shape index (κ3) is 4.16. The molecule has 172 valence electrons. The van der Waals surface area contributed by atoms with Gasteiger partial charge in [-0.05, 0) is 43.7 Å². The van der Waals surface area contributed by atoms with Gasteiger partial charge in [-0.25, -0.2) is 4.98 Å². The van der Waals surface area contributed by atoms with Gasteiger partial charge in [-0.1, -0.05) is 24.8 Å². The van der Waals surface area contributed by atoms with Crippen LogP contribution in [0.3, 0.4) is 0 Å². The number of hydrogen-bond acceptors (Lipinski definition) is 4. The number of carbonyl (C=O) groups excluding carboxylic acids is 1. The second kappa shape index (κ2) is 9.20. The first-order chi connectivity index (χ1) is 15.8. The van der Waals surface area contributed by atoms with Crippen molar-refractivity contribution in [3.8, 4) is 23.3 Å². The summed E-state index contributed by atoms with van der Waals surface area (Å²) in [4.78, 5) is 19.6. The van der Waals surface area contributed by atoms with E-state index in [2.05, 4.69) is 11.8 Å². The highest BCUT2D eigenvalue weighted by atomic mass is 19.3. The fraction of sp³-hybridized carbons (Fsp3) is 0.360. The number of alkyl halides is 2. The molecule has 0 aliphatic carbocycles. The number of carbonyl (C=O) groups is 1. The summed E-state index contributed by atoms with van der Waals surface area (Å²) in [5, 5.41) is 0. The molecule has 8 heteroatoms. The lowest BCUT2D eigenvalue weighted by atomic mass is 10.1. The molecule has 3 aromatic rings. The summed E-state index contributed by atoms with van der Waals surface area (Å²) >= 11 is 0. The van der Waals surface area contributed by atoms with Crippen LogP contribution in [0, 0.1) is 11.8 Å². The number of nitrogens with zero attached hydrogens (tertiary/aromatic N) is 3. The van der Waals surface area contributed by atoms with Crippen LogP contribution in [-0.4, -0.2) is 47.2 Å². The minimum Gasteiger partial charge on any atom is -0.433 e. The summed E-state index contributed by atoms with van der Waals surface area (Å²) in [7, 11) is 3.34. The van der Waals surface area contributed by atoms with Crippen molar-refractivity contribution in [1.29, 1.82) is 0 Å². The maximum Gasteiger partial charge on any atom is 0.387 e.